The highest BCUT2D eigenvalue weighted by molar-refractivity contribution is 8.01. The van der Waals surface area contributed by atoms with Crippen LogP contribution >= 0.6 is 11.8 Å². The van der Waals surface area contributed by atoms with Crippen LogP contribution in [0.1, 0.15) is 68.7 Å². The fourth-order valence-electron chi connectivity index (χ4n) is 5.65. The van der Waals surface area contributed by atoms with E-state index in [2.05, 4.69) is 45.9 Å². The Morgan fingerprint density at radius 2 is 1.87 bits per heavy atom. The van der Waals surface area contributed by atoms with Crippen LogP contribution in [0.2, 0.25) is 0 Å². The van der Waals surface area contributed by atoms with Crippen molar-refractivity contribution in [2.45, 2.75) is 74.0 Å². The molecule has 0 aromatic heterocycles. The molecule has 1 heterocycles. The van der Waals surface area contributed by atoms with E-state index in [9.17, 15) is 4.79 Å². The monoisotopic (exact) mass is 440 g/mol. The van der Waals surface area contributed by atoms with Gasteiger partial charge in [0.25, 0.3) is 0 Å². The van der Waals surface area contributed by atoms with Crippen LogP contribution in [0.15, 0.2) is 30.3 Å². The SMILES string of the molecule is CN(C(=O)C1(C2CCCCCCC2)CNC(c2ccccc2)S1)C1CC(CNC#N)C1. The van der Waals surface area contributed by atoms with Gasteiger partial charge >= 0.3 is 0 Å². The maximum atomic E-state index is 14.1. The Kier molecular flexibility index (Phi) is 7.45. The molecule has 3 aliphatic rings. The van der Waals surface area contributed by atoms with Crippen molar-refractivity contribution >= 4 is 17.7 Å². The zero-order valence-electron chi connectivity index (χ0n) is 18.7. The van der Waals surface area contributed by atoms with Gasteiger partial charge in [-0.2, -0.15) is 5.26 Å². The quantitative estimate of drug-likeness (QED) is 0.506. The van der Waals surface area contributed by atoms with Gasteiger partial charge in [-0.05, 0) is 43.1 Å². The van der Waals surface area contributed by atoms with E-state index in [-0.39, 0.29) is 10.1 Å². The summed E-state index contributed by atoms with van der Waals surface area (Å²) in [6.07, 6.45) is 12.8. The number of hydrogen-bond donors (Lipinski definition) is 2. The average molecular weight is 441 g/mol. The topological polar surface area (TPSA) is 68.2 Å². The van der Waals surface area contributed by atoms with Crippen LogP contribution in [0.3, 0.4) is 0 Å². The van der Waals surface area contributed by atoms with Crippen LogP contribution in [0.4, 0.5) is 0 Å². The highest BCUT2D eigenvalue weighted by Crippen LogP contribution is 2.51. The minimum atomic E-state index is -0.372. The number of carbonyl (C=O) groups is 1. The van der Waals surface area contributed by atoms with Gasteiger partial charge in [-0.15, -0.1) is 11.8 Å². The van der Waals surface area contributed by atoms with Gasteiger partial charge in [-0.25, -0.2) is 0 Å². The molecule has 31 heavy (non-hydrogen) atoms. The molecule has 3 fully saturated rings. The number of thioether (sulfide) groups is 1. The van der Waals surface area contributed by atoms with Crippen molar-refractivity contribution in [3.8, 4) is 6.19 Å². The lowest BCUT2D eigenvalue weighted by Gasteiger charge is -2.46. The molecular weight excluding hydrogens is 404 g/mol. The summed E-state index contributed by atoms with van der Waals surface area (Å²) in [5.41, 5.74) is 1.27. The van der Waals surface area contributed by atoms with E-state index in [0.717, 1.165) is 38.8 Å². The fourth-order valence-corrected chi connectivity index (χ4v) is 7.37. The highest BCUT2D eigenvalue weighted by Gasteiger charge is 2.53. The summed E-state index contributed by atoms with van der Waals surface area (Å²) in [6.45, 7) is 1.49. The van der Waals surface area contributed by atoms with E-state index in [4.69, 9.17) is 5.26 Å². The van der Waals surface area contributed by atoms with Gasteiger partial charge < -0.3 is 10.2 Å². The molecular formula is C25H36N4OS. The Hall–Kier alpha value is -1.71. The summed E-state index contributed by atoms with van der Waals surface area (Å²) in [4.78, 5) is 16.2. The molecule has 0 bridgehead atoms. The van der Waals surface area contributed by atoms with E-state index < -0.39 is 0 Å². The van der Waals surface area contributed by atoms with Crippen molar-refractivity contribution in [1.82, 2.24) is 15.5 Å². The van der Waals surface area contributed by atoms with Gasteiger partial charge in [0.05, 0.1) is 5.37 Å². The van der Waals surface area contributed by atoms with Gasteiger partial charge in [0, 0.05) is 26.2 Å². The molecule has 0 spiro atoms. The van der Waals surface area contributed by atoms with Crippen LogP contribution in [0.5, 0.6) is 0 Å². The van der Waals surface area contributed by atoms with Gasteiger partial charge in [-0.1, -0.05) is 62.4 Å². The van der Waals surface area contributed by atoms with Crippen molar-refractivity contribution in [2.75, 3.05) is 20.1 Å². The zero-order valence-corrected chi connectivity index (χ0v) is 19.5. The molecule has 1 aromatic rings. The Morgan fingerprint density at radius 1 is 1.19 bits per heavy atom. The van der Waals surface area contributed by atoms with E-state index in [1.54, 1.807) is 0 Å². The minimum Gasteiger partial charge on any atom is -0.341 e. The van der Waals surface area contributed by atoms with Crippen molar-refractivity contribution in [1.29, 1.82) is 5.26 Å². The molecule has 2 atom stereocenters. The number of rotatable bonds is 6. The Balaban J connectivity index is 1.51. The van der Waals surface area contributed by atoms with Gasteiger partial charge in [0.15, 0.2) is 6.19 Å². The summed E-state index contributed by atoms with van der Waals surface area (Å²) in [6, 6.07) is 10.9. The van der Waals surface area contributed by atoms with E-state index in [1.807, 2.05) is 25.0 Å². The van der Waals surface area contributed by atoms with E-state index >= 15 is 0 Å². The maximum absolute atomic E-state index is 14.1. The first-order chi connectivity index (χ1) is 15.1. The van der Waals surface area contributed by atoms with Crippen molar-refractivity contribution in [2.24, 2.45) is 11.8 Å². The maximum Gasteiger partial charge on any atom is 0.240 e. The van der Waals surface area contributed by atoms with Crippen LogP contribution < -0.4 is 10.6 Å². The number of hydrogen-bond acceptors (Lipinski definition) is 5. The van der Waals surface area contributed by atoms with Crippen molar-refractivity contribution in [3.63, 3.8) is 0 Å². The van der Waals surface area contributed by atoms with E-state index in [1.165, 1.54) is 37.7 Å². The minimum absolute atomic E-state index is 0.179. The second-order valence-electron chi connectivity index (χ2n) is 9.62. The molecule has 2 saturated carbocycles. The van der Waals surface area contributed by atoms with Crippen molar-refractivity contribution in [3.05, 3.63) is 35.9 Å². The normalized spacial score (nSPS) is 31.7. The number of carbonyl (C=O) groups excluding carboxylic acids is 1. The molecule has 2 N–H and O–H groups in total. The fraction of sp³-hybridized carbons (Fsp3) is 0.680. The lowest BCUT2D eigenvalue weighted by Crippen LogP contribution is -2.57. The molecule has 4 rings (SSSR count). The third kappa shape index (κ3) is 4.88. The van der Waals surface area contributed by atoms with Gasteiger partial charge in [-0.3, -0.25) is 10.1 Å². The average Bonchev–Trinajstić information content (AvgIpc) is 3.19. The lowest BCUT2D eigenvalue weighted by molar-refractivity contribution is -0.138. The van der Waals surface area contributed by atoms with Crippen LogP contribution in [0, 0.1) is 23.3 Å². The molecule has 0 radical (unpaired) electrons. The van der Waals surface area contributed by atoms with Crippen LogP contribution in [0.25, 0.3) is 0 Å². The number of nitrogens with one attached hydrogen (secondary N) is 2. The molecule has 6 heteroatoms. The summed E-state index contributed by atoms with van der Waals surface area (Å²) < 4.78 is -0.372. The molecule has 1 saturated heterocycles. The zero-order chi connectivity index (χ0) is 21.7. The Bertz CT molecular complexity index is 767. The number of nitrogens with zero attached hydrogens (tertiary/aromatic N) is 2. The van der Waals surface area contributed by atoms with Crippen LogP contribution in [-0.2, 0) is 4.79 Å². The lowest BCUT2D eigenvalue weighted by atomic mass is 9.77. The summed E-state index contributed by atoms with van der Waals surface area (Å²) in [7, 11) is 2.02. The predicted octanol–water partition coefficient (Wildman–Crippen LogP) is 4.43. The molecule has 1 aliphatic heterocycles. The highest BCUT2D eigenvalue weighted by atomic mass is 32.2. The van der Waals surface area contributed by atoms with Crippen LogP contribution in [-0.4, -0.2) is 41.7 Å². The number of benzene rings is 1. The summed E-state index contributed by atoms with van der Waals surface area (Å²) >= 11 is 1.88. The first-order valence-corrected chi connectivity index (χ1v) is 12.9. The third-order valence-electron chi connectivity index (χ3n) is 7.66. The number of amides is 1. The summed E-state index contributed by atoms with van der Waals surface area (Å²) in [5.74, 6) is 1.26. The van der Waals surface area contributed by atoms with Gasteiger partial charge in [0.2, 0.25) is 5.91 Å². The number of nitriles is 1. The largest absolute Gasteiger partial charge is 0.341 e. The Morgan fingerprint density at radius 3 is 2.55 bits per heavy atom. The summed E-state index contributed by atoms with van der Waals surface area (Å²) in [5, 5.41) is 15.4. The Labute approximate surface area is 191 Å². The second-order valence-corrected chi connectivity index (χ2v) is 11.1. The molecule has 2 unspecified atom stereocenters. The van der Waals surface area contributed by atoms with Crippen molar-refractivity contribution < 1.29 is 4.79 Å². The van der Waals surface area contributed by atoms with Gasteiger partial charge in [0.1, 0.15) is 4.75 Å². The molecule has 1 amide bonds. The molecule has 168 valence electrons. The van der Waals surface area contributed by atoms with E-state index in [0.29, 0.717) is 23.8 Å². The predicted molar refractivity (Wildman–Crippen MR) is 126 cm³/mol. The standard InChI is InChI=1S/C25H36N4OS/c1-29(22-14-19(15-22)16-27-18-26)24(30)25(21-12-8-3-2-4-9-13-21)17-28-23(31-25)20-10-6-5-7-11-20/h5-7,10-11,19,21-23,27-28H,2-4,8-9,12-17H2,1H3. The molecule has 1 aromatic carbocycles. The molecule has 5 nitrogen and oxygen atoms in total. The first-order valence-electron chi connectivity index (χ1n) is 12.0. The first kappa shape index (κ1) is 22.5. The second kappa shape index (κ2) is 10.3. The molecule has 2 aliphatic carbocycles. The third-order valence-corrected chi connectivity index (χ3v) is 9.40. The smallest absolute Gasteiger partial charge is 0.240 e.